The number of thiol groups is 1. The van der Waals surface area contributed by atoms with Gasteiger partial charge in [0.25, 0.3) is 0 Å². The predicted molar refractivity (Wildman–Crippen MR) is 61.8 cm³/mol. The van der Waals surface area contributed by atoms with Gasteiger partial charge in [-0.1, -0.05) is 13.8 Å². The van der Waals surface area contributed by atoms with Crippen LogP contribution in [0.1, 0.15) is 20.3 Å². The fourth-order valence-electron chi connectivity index (χ4n) is 1.77. The molecule has 1 unspecified atom stereocenters. The van der Waals surface area contributed by atoms with Crippen LogP contribution in [-0.2, 0) is 4.79 Å². The number of rotatable bonds is 5. The van der Waals surface area contributed by atoms with Crippen LogP contribution in [0.15, 0.2) is 0 Å². The molecule has 1 fully saturated rings. The molecule has 1 atom stereocenters. The van der Waals surface area contributed by atoms with Crippen LogP contribution in [0.2, 0.25) is 0 Å². The second kappa shape index (κ2) is 5.61. The lowest BCUT2D eigenvalue weighted by atomic mass is 10.4. The molecule has 0 N–H and O–H groups in total. The number of amides is 1. The molecule has 1 heterocycles. The third kappa shape index (κ3) is 3.17. The Labute approximate surface area is 91.9 Å². The van der Waals surface area contributed by atoms with Crippen LogP contribution in [0.25, 0.3) is 0 Å². The summed E-state index contributed by atoms with van der Waals surface area (Å²) in [6, 6.07) is 0. The minimum absolute atomic E-state index is 0.249. The van der Waals surface area contributed by atoms with Gasteiger partial charge in [0, 0.05) is 31.3 Å². The highest BCUT2D eigenvalue weighted by molar-refractivity contribution is 7.81. The van der Waals surface area contributed by atoms with Crippen molar-refractivity contribution in [3.05, 3.63) is 0 Å². The van der Waals surface area contributed by atoms with E-state index in [9.17, 15) is 4.79 Å². The van der Waals surface area contributed by atoms with Gasteiger partial charge in [-0.15, -0.1) is 0 Å². The number of carbonyl (C=O) groups is 1. The van der Waals surface area contributed by atoms with Gasteiger partial charge in [-0.3, -0.25) is 4.79 Å². The number of carbonyl (C=O) groups excluding carboxylic acids is 1. The number of likely N-dealkylation sites (N-methyl/N-ethyl adjacent to an activating group) is 1. The highest BCUT2D eigenvalue weighted by atomic mass is 32.1. The molecule has 0 saturated carbocycles. The van der Waals surface area contributed by atoms with E-state index in [-0.39, 0.29) is 11.2 Å². The van der Waals surface area contributed by atoms with E-state index in [0.29, 0.717) is 6.42 Å². The van der Waals surface area contributed by atoms with E-state index in [0.717, 1.165) is 32.7 Å². The molecule has 14 heavy (non-hydrogen) atoms. The fourth-order valence-corrected chi connectivity index (χ4v) is 2.12. The molecular weight excluding hydrogens is 196 g/mol. The van der Waals surface area contributed by atoms with Crippen LogP contribution in [0.4, 0.5) is 0 Å². The summed E-state index contributed by atoms with van der Waals surface area (Å²) < 4.78 is 0. The highest BCUT2D eigenvalue weighted by Crippen LogP contribution is 2.15. The SMILES string of the molecule is CCN(CC)CCN1CC(S)CC1=O. The third-order valence-corrected chi connectivity index (χ3v) is 3.12. The summed E-state index contributed by atoms with van der Waals surface area (Å²) in [5.74, 6) is 0.261. The molecule has 0 aromatic carbocycles. The Hall–Kier alpha value is -0.220. The quantitative estimate of drug-likeness (QED) is 0.689. The van der Waals surface area contributed by atoms with Crippen molar-refractivity contribution in [2.75, 3.05) is 32.7 Å². The highest BCUT2D eigenvalue weighted by Gasteiger charge is 2.26. The Bertz CT molecular complexity index is 195. The molecule has 4 heteroatoms. The van der Waals surface area contributed by atoms with E-state index in [1.165, 1.54) is 0 Å². The lowest BCUT2D eigenvalue weighted by Crippen LogP contribution is -2.36. The topological polar surface area (TPSA) is 23.6 Å². The second-order valence-electron chi connectivity index (χ2n) is 3.72. The average molecular weight is 216 g/mol. The van der Waals surface area contributed by atoms with Crippen LogP contribution in [0, 0.1) is 0 Å². The Morgan fingerprint density at radius 1 is 1.50 bits per heavy atom. The Morgan fingerprint density at radius 2 is 2.14 bits per heavy atom. The third-order valence-electron chi connectivity index (χ3n) is 2.77. The van der Waals surface area contributed by atoms with Gasteiger partial charge in [0.05, 0.1) is 0 Å². The maximum atomic E-state index is 11.4. The maximum Gasteiger partial charge on any atom is 0.223 e. The molecule has 0 radical (unpaired) electrons. The monoisotopic (exact) mass is 216 g/mol. The van der Waals surface area contributed by atoms with Crippen molar-refractivity contribution >= 4 is 18.5 Å². The molecule has 1 aliphatic rings. The molecule has 1 saturated heterocycles. The maximum absolute atomic E-state index is 11.4. The first-order valence-corrected chi connectivity index (χ1v) is 5.87. The molecule has 0 bridgehead atoms. The predicted octanol–water partition coefficient (Wildman–Crippen LogP) is 0.859. The van der Waals surface area contributed by atoms with E-state index in [1.807, 2.05) is 4.90 Å². The first-order chi connectivity index (χ1) is 6.67. The molecule has 1 aliphatic heterocycles. The average Bonchev–Trinajstić information content (AvgIpc) is 2.47. The molecule has 1 rings (SSSR count). The zero-order valence-corrected chi connectivity index (χ0v) is 9.96. The molecule has 0 aromatic rings. The summed E-state index contributed by atoms with van der Waals surface area (Å²) in [5, 5.41) is 0.249. The summed E-state index contributed by atoms with van der Waals surface area (Å²) in [7, 11) is 0. The van der Waals surface area contributed by atoms with Crippen LogP contribution in [0.3, 0.4) is 0 Å². The summed E-state index contributed by atoms with van der Waals surface area (Å²) in [6.45, 7) is 9.08. The first-order valence-electron chi connectivity index (χ1n) is 5.35. The first kappa shape index (κ1) is 11.9. The van der Waals surface area contributed by atoms with Gasteiger partial charge >= 0.3 is 0 Å². The van der Waals surface area contributed by atoms with Crippen LogP contribution in [-0.4, -0.2) is 53.7 Å². The number of hydrogen-bond acceptors (Lipinski definition) is 3. The van der Waals surface area contributed by atoms with Gasteiger partial charge in [0.2, 0.25) is 5.91 Å². The van der Waals surface area contributed by atoms with E-state index >= 15 is 0 Å². The molecule has 82 valence electrons. The van der Waals surface area contributed by atoms with Crippen LogP contribution < -0.4 is 0 Å². The normalized spacial score (nSPS) is 22.4. The zero-order chi connectivity index (χ0) is 10.6. The van der Waals surface area contributed by atoms with Crippen molar-refractivity contribution in [1.82, 2.24) is 9.80 Å². The van der Waals surface area contributed by atoms with Crippen molar-refractivity contribution < 1.29 is 4.79 Å². The van der Waals surface area contributed by atoms with Crippen molar-refractivity contribution in [1.29, 1.82) is 0 Å². The molecule has 0 aromatic heterocycles. The summed E-state index contributed by atoms with van der Waals surface area (Å²) >= 11 is 4.33. The Morgan fingerprint density at radius 3 is 2.57 bits per heavy atom. The van der Waals surface area contributed by atoms with Crippen LogP contribution >= 0.6 is 12.6 Å². The largest absolute Gasteiger partial charge is 0.340 e. The number of hydrogen-bond donors (Lipinski definition) is 1. The molecule has 0 spiro atoms. The molecule has 3 nitrogen and oxygen atoms in total. The van der Waals surface area contributed by atoms with Crippen molar-refractivity contribution in [2.45, 2.75) is 25.5 Å². The van der Waals surface area contributed by atoms with Gasteiger partial charge in [-0.05, 0) is 13.1 Å². The standard InChI is InChI=1S/C10H20N2OS/c1-3-11(4-2)5-6-12-8-9(14)7-10(12)13/h9,14H,3-8H2,1-2H3. The molecule has 0 aliphatic carbocycles. The van der Waals surface area contributed by atoms with Crippen molar-refractivity contribution in [3.63, 3.8) is 0 Å². The Kier molecular flexibility index (Phi) is 4.75. The van der Waals surface area contributed by atoms with Crippen LogP contribution in [0.5, 0.6) is 0 Å². The molecule has 1 amide bonds. The number of likely N-dealkylation sites (tertiary alicyclic amines) is 1. The van der Waals surface area contributed by atoms with E-state index in [2.05, 4.69) is 31.4 Å². The number of nitrogens with zero attached hydrogens (tertiary/aromatic N) is 2. The zero-order valence-electron chi connectivity index (χ0n) is 9.07. The summed E-state index contributed by atoms with van der Waals surface area (Å²) in [6.07, 6.45) is 0.612. The second-order valence-corrected chi connectivity index (χ2v) is 4.45. The summed E-state index contributed by atoms with van der Waals surface area (Å²) in [4.78, 5) is 15.7. The lowest BCUT2D eigenvalue weighted by Gasteiger charge is -2.22. The van der Waals surface area contributed by atoms with Crippen molar-refractivity contribution in [3.8, 4) is 0 Å². The van der Waals surface area contributed by atoms with Gasteiger partial charge in [-0.2, -0.15) is 12.6 Å². The van der Waals surface area contributed by atoms with E-state index < -0.39 is 0 Å². The minimum atomic E-state index is 0.249. The smallest absolute Gasteiger partial charge is 0.223 e. The fraction of sp³-hybridized carbons (Fsp3) is 0.900. The minimum Gasteiger partial charge on any atom is -0.340 e. The lowest BCUT2D eigenvalue weighted by molar-refractivity contribution is -0.127. The molecular formula is C10H20N2OS. The van der Waals surface area contributed by atoms with Gasteiger partial charge in [0.1, 0.15) is 0 Å². The van der Waals surface area contributed by atoms with Gasteiger partial charge in [0.15, 0.2) is 0 Å². The van der Waals surface area contributed by atoms with Gasteiger partial charge in [-0.25, -0.2) is 0 Å². The van der Waals surface area contributed by atoms with E-state index in [4.69, 9.17) is 0 Å². The summed E-state index contributed by atoms with van der Waals surface area (Å²) in [5.41, 5.74) is 0. The van der Waals surface area contributed by atoms with Gasteiger partial charge < -0.3 is 9.80 Å². The Balaban J connectivity index is 2.27. The van der Waals surface area contributed by atoms with E-state index in [1.54, 1.807) is 0 Å². The van der Waals surface area contributed by atoms with Crippen molar-refractivity contribution in [2.24, 2.45) is 0 Å².